The first-order valence-electron chi connectivity index (χ1n) is 6.22. The third-order valence-electron chi connectivity index (χ3n) is 3.35. The number of rotatable bonds is 5. The fraction of sp³-hybridized carbons (Fsp3) is 0.917. The van der Waals surface area contributed by atoms with Crippen LogP contribution in [0.1, 0.15) is 32.6 Å². The number of hydrogen-bond donors (Lipinski definition) is 2. The van der Waals surface area contributed by atoms with E-state index in [2.05, 4.69) is 12.2 Å². The molecule has 0 heterocycles. The van der Waals surface area contributed by atoms with Gasteiger partial charge in [0.05, 0.1) is 13.2 Å². The van der Waals surface area contributed by atoms with Crippen molar-refractivity contribution < 1.29 is 9.90 Å². The molecule has 1 aliphatic carbocycles. The van der Waals surface area contributed by atoms with Crippen molar-refractivity contribution in [3.63, 3.8) is 0 Å². The van der Waals surface area contributed by atoms with E-state index in [4.69, 9.17) is 5.11 Å². The van der Waals surface area contributed by atoms with Gasteiger partial charge in [0.1, 0.15) is 0 Å². The van der Waals surface area contributed by atoms with Crippen molar-refractivity contribution in [2.45, 2.75) is 38.6 Å². The van der Waals surface area contributed by atoms with Gasteiger partial charge in [-0.3, -0.25) is 9.69 Å². The molecule has 0 aromatic carbocycles. The SMILES string of the molecule is C[C@@H]1CCCC[C@H]1NC(=O)CN(C)CCO. The zero-order chi connectivity index (χ0) is 12.0. The predicted octanol–water partition coefficient (Wildman–Crippen LogP) is 0.605. The summed E-state index contributed by atoms with van der Waals surface area (Å²) in [4.78, 5) is 13.5. The van der Waals surface area contributed by atoms with Crippen LogP contribution in [0.15, 0.2) is 0 Å². The number of nitrogens with one attached hydrogen (secondary N) is 1. The highest BCUT2D eigenvalue weighted by molar-refractivity contribution is 5.78. The van der Waals surface area contributed by atoms with Gasteiger partial charge in [-0.25, -0.2) is 0 Å². The molecular weight excluding hydrogens is 204 g/mol. The van der Waals surface area contributed by atoms with Gasteiger partial charge in [-0.2, -0.15) is 0 Å². The van der Waals surface area contributed by atoms with Gasteiger partial charge in [-0.1, -0.05) is 19.8 Å². The highest BCUT2D eigenvalue weighted by Crippen LogP contribution is 2.23. The van der Waals surface area contributed by atoms with E-state index >= 15 is 0 Å². The Morgan fingerprint density at radius 3 is 2.75 bits per heavy atom. The summed E-state index contributed by atoms with van der Waals surface area (Å²) in [5.41, 5.74) is 0. The number of likely N-dealkylation sites (N-methyl/N-ethyl adjacent to an activating group) is 1. The molecule has 0 unspecified atom stereocenters. The summed E-state index contributed by atoms with van der Waals surface area (Å²) < 4.78 is 0. The van der Waals surface area contributed by atoms with Crippen LogP contribution in [-0.2, 0) is 4.79 Å². The molecule has 1 fully saturated rings. The fourth-order valence-electron chi connectivity index (χ4n) is 2.28. The second kappa shape index (κ2) is 6.86. The molecule has 4 heteroatoms. The van der Waals surface area contributed by atoms with Gasteiger partial charge >= 0.3 is 0 Å². The van der Waals surface area contributed by atoms with Crippen LogP contribution < -0.4 is 5.32 Å². The number of carbonyl (C=O) groups is 1. The van der Waals surface area contributed by atoms with E-state index in [0.29, 0.717) is 25.0 Å². The number of aliphatic hydroxyl groups is 1. The van der Waals surface area contributed by atoms with Crippen LogP contribution in [0.2, 0.25) is 0 Å². The molecule has 0 saturated heterocycles. The van der Waals surface area contributed by atoms with Crippen LogP contribution in [0, 0.1) is 5.92 Å². The predicted molar refractivity (Wildman–Crippen MR) is 64.1 cm³/mol. The summed E-state index contributed by atoms with van der Waals surface area (Å²) in [7, 11) is 1.85. The molecule has 1 saturated carbocycles. The Kier molecular flexibility index (Phi) is 5.77. The number of hydrogen-bond acceptors (Lipinski definition) is 3. The molecule has 0 bridgehead atoms. The molecule has 2 N–H and O–H groups in total. The maximum Gasteiger partial charge on any atom is 0.234 e. The quantitative estimate of drug-likeness (QED) is 0.725. The maximum absolute atomic E-state index is 11.7. The van der Waals surface area contributed by atoms with Crippen molar-refractivity contribution in [3.05, 3.63) is 0 Å². The zero-order valence-corrected chi connectivity index (χ0v) is 10.4. The van der Waals surface area contributed by atoms with Crippen molar-refractivity contribution in [2.24, 2.45) is 5.92 Å². The first kappa shape index (κ1) is 13.5. The van der Waals surface area contributed by atoms with Crippen LogP contribution >= 0.6 is 0 Å². The van der Waals surface area contributed by atoms with E-state index in [1.807, 2.05) is 11.9 Å². The van der Waals surface area contributed by atoms with E-state index in [9.17, 15) is 4.79 Å². The number of amides is 1. The Morgan fingerprint density at radius 1 is 1.44 bits per heavy atom. The summed E-state index contributed by atoms with van der Waals surface area (Å²) in [6, 6.07) is 0.351. The van der Waals surface area contributed by atoms with Gasteiger partial charge in [-0.05, 0) is 25.8 Å². The lowest BCUT2D eigenvalue weighted by atomic mass is 9.86. The monoisotopic (exact) mass is 228 g/mol. The lowest BCUT2D eigenvalue weighted by Crippen LogP contribution is -2.45. The zero-order valence-electron chi connectivity index (χ0n) is 10.4. The minimum absolute atomic E-state index is 0.0784. The Labute approximate surface area is 98.0 Å². The normalized spacial score (nSPS) is 25.8. The van der Waals surface area contributed by atoms with Crippen LogP contribution in [0.5, 0.6) is 0 Å². The van der Waals surface area contributed by atoms with E-state index in [1.165, 1.54) is 19.3 Å². The summed E-state index contributed by atoms with van der Waals surface area (Å²) in [5, 5.41) is 11.8. The number of aliphatic hydroxyl groups excluding tert-OH is 1. The topological polar surface area (TPSA) is 52.6 Å². The summed E-state index contributed by atoms with van der Waals surface area (Å²) in [6.45, 7) is 3.24. The van der Waals surface area contributed by atoms with E-state index < -0.39 is 0 Å². The summed E-state index contributed by atoms with van der Waals surface area (Å²) in [5.74, 6) is 0.676. The maximum atomic E-state index is 11.7. The van der Waals surface area contributed by atoms with E-state index in [-0.39, 0.29) is 12.5 Å². The first-order valence-corrected chi connectivity index (χ1v) is 6.22. The second-order valence-electron chi connectivity index (χ2n) is 4.90. The van der Waals surface area contributed by atoms with E-state index in [1.54, 1.807) is 0 Å². The van der Waals surface area contributed by atoms with Gasteiger partial charge in [-0.15, -0.1) is 0 Å². The molecular formula is C12H24N2O2. The molecule has 1 aliphatic rings. The molecule has 1 rings (SSSR count). The van der Waals surface area contributed by atoms with Gasteiger partial charge in [0.15, 0.2) is 0 Å². The van der Waals surface area contributed by atoms with Gasteiger partial charge < -0.3 is 10.4 Å². The van der Waals surface area contributed by atoms with Crippen LogP contribution in [0.4, 0.5) is 0 Å². The number of carbonyl (C=O) groups excluding carboxylic acids is 1. The van der Waals surface area contributed by atoms with Crippen molar-refractivity contribution in [1.29, 1.82) is 0 Å². The van der Waals surface area contributed by atoms with Gasteiger partial charge in [0.2, 0.25) is 5.91 Å². The highest BCUT2D eigenvalue weighted by atomic mass is 16.3. The molecule has 0 aliphatic heterocycles. The highest BCUT2D eigenvalue weighted by Gasteiger charge is 2.22. The standard InChI is InChI=1S/C12H24N2O2/c1-10-5-3-4-6-11(10)13-12(16)9-14(2)7-8-15/h10-11,15H,3-9H2,1-2H3,(H,13,16)/t10-,11-/m1/s1. The third-order valence-corrected chi connectivity index (χ3v) is 3.35. The Bertz CT molecular complexity index is 221. The number of nitrogens with zero attached hydrogens (tertiary/aromatic N) is 1. The Morgan fingerprint density at radius 2 is 2.12 bits per heavy atom. The van der Waals surface area contributed by atoms with Crippen LogP contribution in [-0.4, -0.2) is 48.7 Å². The summed E-state index contributed by atoms with van der Waals surface area (Å²) >= 11 is 0. The lowest BCUT2D eigenvalue weighted by molar-refractivity contribution is -0.123. The molecule has 4 nitrogen and oxygen atoms in total. The fourth-order valence-corrected chi connectivity index (χ4v) is 2.28. The van der Waals surface area contributed by atoms with Crippen molar-refractivity contribution in [1.82, 2.24) is 10.2 Å². The minimum Gasteiger partial charge on any atom is -0.395 e. The largest absolute Gasteiger partial charge is 0.395 e. The van der Waals surface area contributed by atoms with Crippen molar-refractivity contribution in [3.8, 4) is 0 Å². The molecule has 94 valence electrons. The minimum atomic E-state index is 0.0784. The average Bonchev–Trinajstić information content (AvgIpc) is 2.21. The van der Waals surface area contributed by atoms with Crippen molar-refractivity contribution >= 4 is 5.91 Å². The molecule has 0 radical (unpaired) electrons. The van der Waals surface area contributed by atoms with Crippen LogP contribution in [0.3, 0.4) is 0 Å². The molecule has 0 spiro atoms. The van der Waals surface area contributed by atoms with Crippen molar-refractivity contribution in [2.75, 3.05) is 26.7 Å². The average molecular weight is 228 g/mol. The molecule has 0 aromatic heterocycles. The molecule has 16 heavy (non-hydrogen) atoms. The first-order chi connectivity index (χ1) is 7.63. The summed E-state index contributed by atoms with van der Waals surface area (Å²) in [6.07, 6.45) is 4.84. The van der Waals surface area contributed by atoms with E-state index in [0.717, 1.165) is 6.42 Å². The Hall–Kier alpha value is -0.610. The van der Waals surface area contributed by atoms with Gasteiger partial charge in [0.25, 0.3) is 0 Å². The molecule has 1 amide bonds. The molecule has 2 atom stereocenters. The second-order valence-corrected chi connectivity index (χ2v) is 4.90. The smallest absolute Gasteiger partial charge is 0.234 e. The third kappa shape index (κ3) is 4.49. The Balaban J connectivity index is 2.27. The lowest BCUT2D eigenvalue weighted by Gasteiger charge is -2.30. The van der Waals surface area contributed by atoms with Gasteiger partial charge in [0, 0.05) is 12.6 Å². The van der Waals surface area contributed by atoms with Crippen LogP contribution in [0.25, 0.3) is 0 Å². The molecule has 0 aromatic rings.